The Labute approximate surface area is 378 Å². The molecule has 11 heteroatoms. The van der Waals surface area contributed by atoms with Gasteiger partial charge in [0.25, 0.3) is 0 Å². The van der Waals surface area contributed by atoms with Crippen molar-refractivity contribution in [2.75, 3.05) is 26.4 Å². The first kappa shape index (κ1) is 59.7. The summed E-state index contributed by atoms with van der Waals surface area (Å²) in [6, 6.07) is 0. The Morgan fingerprint density at radius 1 is 0.500 bits per heavy atom. The van der Waals surface area contributed by atoms with Gasteiger partial charge in [-0.25, -0.2) is 4.57 Å². The van der Waals surface area contributed by atoms with Crippen LogP contribution in [0, 0.1) is 0 Å². The summed E-state index contributed by atoms with van der Waals surface area (Å²) in [5, 5.41) is 18.4. The first-order valence-electron chi connectivity index (χ1n) is 24.7. The van der Waals surface area contributed by atoms with E-state index < -0.39 is 51.8 Å². The van der Waals surface area contributed by atoms with Gasteiger partial charge in [-0.05, 0) is 51.4 Å². The van der Waals surface area contributed by atoms with Gasteiger partial charge in [-0.2, -0.15) is 0 Å². The molecule has 0 rings (SSSR count). The largest absolute Gasteiger partial charge is 0.472 e. The van der Waals surface area contributed by atoms with Crippen molar-refractivity contribution in [2.24, 2.45) is 0 Å². The summed E-state index contributed by atoms with van der Waals surface area (Å²) in [7, 11) is -4.64. The lowest BCUT2D eigenvalue weighted by Gasteiger charge is -2.20. The van der Waals surface area contributed by atoms with E-state index in [1.807, 2.05) is 12.2 Å². The van der Waals surface area contributed by atoms with E-state index in [9.17, 15) is 24.2 Å². The number of carbonyl (C=O) groups is 2. The summed E-state index contributed by atoms with van der Waals surface area (Å²) in [4.78, 5) is 35.1. The van der Waals surface area contributed by atoms with Gasteiger partial charge < -0.3 is 24.6 Å². The number of ether oxygens (including phenoxy) is 2. The van der Waals surface area contributed by atoms with Gasteiger partial charge in [0.1, 0.15) is 12.7 Å². The summed E-state index contributed by atoms with van der Waals surface area (Å²) in [6.07, 6.45) is 53.5. The third-order valence-corrected chi connectivity index (χ3v) is 11.4. The van der Waals surface area contributed by atoms with Crippen LogP contribution in [0.15, 0.2) is 60.8 Å². The van der Waals surface area contributed by atoms with Gasteiger partial charge in [0.2, 0.25) is 0 Å². The summed E-state index contributed by atoms with van der Waals surface area (Å²) in [5.41, 5.74) is 0. The molecule has 0 aliphatic heterocycles. The highest BCUT2D eigenvalue weighted by Crippen LogP contribution is 2.43. The second-order valence-electron chi connectivity index (χ2n) is 16.5. The van der Waals surface area contributed by atoms with Crippen molar-refractivity contribution in [2.45, 2.75) is 225 Å². The summed E-state index contributed by atoms with van der Waals surface area (Å²) < 4.78 is 32.8. The molecule has 3 N–H and O–H groups in total. The van der Waals surface area contributed by atoms with Gasteiger partial charge in [-0.1, -0.05) is 209 Å². The van der Waals surface area contributed by atoms with Gasteiger partial charge in [-0.3, -0.25) is 18.6 Å². The molecule has 0 radical (unpaired) electrons. The maximum atomic E-state index is 12.6. The molecular formula is C51H91O10P. The zero-order valence-electron chi connectivity index (χ0n) is 39.3. The first-order chi connectivity index (χ1) is 30.2. The van der Waals surface area contributed by atoms with Crippen molar-refractivity contribution in [1.29, 1.82) is 0 Å². The van der Waals surface area contributed by atoms with Crippen molar-refractivity contribution < 1.29 is 47.8 Å². The normalized spacial score (nSPS) is 14.2. The molecule has 0 saturated heterocycles. The Balaban J connectivity index is 4.23. The van der Waals surface area contributed by atoms with E-state index in [4.69, 9.17) is 23.6 Å². The van der Waals surface area contributed by atoms with Gasteiger partial charge in [0.05, 0.1) is 19.8 Å². The number of allylic oxidation sites excluding steroid dienone is 10. The molecule has 0 saturated carbocycles. The molecule has 1 unspecified atom stereocenters. The van der Waals surface area contributed by atoms with Crippen LogP contribution in [0.3, 0.4) is 0 Å². The van der Waals surface area contributed by atoms with Gasteiger partial charge >= 0.3 is 19.8 Å². The molecule has 3 atom stereocenters. The molecule has 0 aliphatic carbocycles. The van der Waals surface area contributed by atoms with Gasteiger partial charge in [0, 0.05) is 12.8 Å². The van der Waals surface area contributed by atoms with Crippen molar-refractivity contribution in [3.8, 4) is 0 Å². The van der Waals surface area contributed by atoms with Crippen LogP contribution in [-0.4, -0.2) is 65.7 Å². The maximum Gasteiger partial charge on any atom is 0.472 e. The van der Waals surface area contributed by atoms with E-state index in [0.29, 0.717) is 19.3 Å². The second-order valence-corrected chi connectivity index (χ2v) is 17.9. The molecule has 0 aromatic heterocycles. The van der Waals surface area contributed by atoms with Crippen LogP contribution < -0.4 is 0 Å². The van der Waals surface area contributed by atoms with E-state index >= 15 is 0 Å². The second kappa shape index (κ2) is 46.7. The lowest BCUT2D eigenvalue weighted by atomic mass is 10.0. The van der Waals surface area contributed by atoms with E-state index in [1.54, 1.807) is 0 Å². The quantitative estimate of drug-likeness (QED) is 0.0233. The Bertz CT molecular complexity index is 1210. The van der Waals surface area contributed by atoms with Crippen LogP contribution >= 0.6 is 7.82 Å². The molecule has 0 spiro atoms. The van der Waals surface area contributed by atoms with Crippen LogP contribution in [0.2, 0.25) is 0 Å². The number of aliphatic hydroxyl groups excluding tert-OH is 2. The number of hydrogen-bond acceptors (Lipinski definition) is 9. The zero-order chi connectivity index (χ0) is 45.5. The van der Waals surface area contributed by atoms with Crippen LogP contribution in [0.1, 0.15) is 213 Å². The average Bonchev–Trinajstić information content (AvgIpc) is 3.26. The predicted octanol–water partition coefficient (Wildman–Crippen LogP) is 13.8. The Morgan fingerprint density at radius 2 is 0.887 bits per heavy atom. The topological polar surface area (TPSA) is 149 Å². The highest BCUT2D eigenvalue weighted by atomic mass is 31.2. The third kappa shape index (κ3) is 45.7. The van der Waals surface area contributed by atoms with Crippen molar-refractivity contribution in [3.05, 3.63) is 60.8 Å². The predicted molar refractivity (Wildman–Crippen MR) is 256 cm³/mol. The Kier molecular flexibility index (Phi) is 44.9. The van der Waals surface area contributed by atoms with E-state index in [1.165, 1.54) is 116 Å². The van der Waals surface area contributed by atoms with Crippen LogP contribution in [0.25, 0.3) is 0 Å². The number of phosphoric acid groups is 1. The van der Waals surface area contributed by atoms with Crippen LogP contribution in [-0.2, 0) is 32.7 Å². The van der Waals surface area contributed by atoms with Crippen molar-refractivity contribution in [3.63, 3.8) is 0 Å². The molecular weight excluding hydrogens is 804 g/mol. The number of aliphatic hydroxyl groups is 2. The highest BCUT2D eigenvalue weighted by molar-refractivity contribution is 7.47. The Hall–Kier alpha value is -2.33. The molecule has 0 aromatic carbocycles. The lowest BCUT2D eigenvalue weighted by Crippen LogP contribution is -2.29. The standard InChI is InChI=1S/C51H91O10P/c1-3-5-7-9-11-13-15-17-19-21-22-23-24-25-27-28-30-32-34-36-38-40-42-50(54)58-46-49(47-60-62(56,57)59-45-48(53)44-52)61-51(55)43-41-39-37-35-33-31-29-26-20-18-16-14-12-10-8-6-4-2/h6,8,12,14,18,20,29,31,35,37,48-49,52-53H,3-5,7,9-11,13,15-17,19,21-28,30,32-34,36,38-47H2,1-2H3,(H,56,57)/b8-6+,14-12+,20-18+,31-29+,37-35+/t48-,49-/m1/s1. The number of carbonyl (C=O) groups excluding carboxylic acids is 2. The monoisotopic (exact) mass is 895 g/mol. The minimum Gasteiger partial charge on any atom is -0.462 e. The fourth-order valence-corrected chi connectivity index (χ4v) is 7.47. The molecule has 0 heterocycles. The van der Waals surface area contributed by atoms with E-state index in [-0.39, 0.29) is 19.4 Å². The van der Waals surface area contributed by atoms with Crippen molar-refractivity contribution >= 4 is 19.8 Å². The number of esters is 2. The third-order valence-electron chi connectivity index (χ3n) is 10.4. The number of unbranched alkanes of at least 4 members (excludes halogenated alkanes) is 22. The fraction of sp³-hybridized carbons (Fsp3) is 0.765. The number of rotatable bonds is 46. The maximum absolute atomic E-state index is 12.6. The first-order valence-corrected chi connectivity index (χ1v) is 26.2. The summed E-state index contributed by atoms with van der Waals surface area (Å²) in [6.45, 7) is 2.23. The van der Waals surface area contributed by atoms with E-state index in [0.717, 1.165) is 51.4 Å². The van der Waals surface area contributed by atoms with E-state index in [2.05, 4.69) is 62.5 Å². The number of phosphoric ester groups is 1. The highest BCUT2D eigenvalue weighted by Gasteiger charge is 2.27. The molecule has 0 aromatic rings. The smallest absolute Gasteiger partial charge is 0.462 e. The van der Waals surface area contributed by atoms with Gasteiger partial charge in [0.15, 0.2) is 6.10 Å². The zero-order valence-corrected chi connectivity index (χ0v) is 40.2. The number of hydrogen-bond donors (Lipinski definition) is 3. The molecule has 0 bridgehead atoms. The van der Waals surface area contributed by atoms with Crippen molar-refractivity contribution in [1.82, 2.24) is 0 Å². The minimum atomic E-state index is -4.64. The van der Waals surface area contributed by atoms with Crippen LogP contribution in [0.5, 0.6) is 0 Å². The lowest BCUT2D eigenvalue weighted by molar-refractivity contribution is -0.161. The minimum absolute atomic E-state index is 0.105. The molecule has 0 aliphatic rings. The average molecular weight is 895 g/mol. The van der Waals surface area contributed by atoms with Crippen LogP contribution in [0.4, 0.5) is 0 Å². The van der Waals surface area contributed by atoms with Gasteiger partial charge in [-0.15, -0.1) is 0 Å². The molecule has 10 nitrogen and oxygen atoms in total. The summed E-state index contributed by atoms with van der Waals surface area (Å²) in [5.74, 6) is -0.988. The molecule has 360 valence electrons. The Morgan fingerprint density at radius 3 is 1.32 bits per heavy atom. The fourth-order valence-electron chi connectivity index (χ4n) is 6.68. The molecule has 62 heavy (non-hydrogen) atoms. The molecule has 0 fully saturated rings. The summed E-state index contributed by atoms with van der Waals surface area (Å²) >= 11 is 0. The molecule has 0 amide bonds. The SMILES string of the molecule is CC/C=C/C/C=C/C/C=C/C/C=C/C/C=C/CCCC(=O)O[C@H](COC(=O)CCCCCCCCCCCCCCCCCCCCCCCC)COP(=O)(O)OC[C@H](O)CO.